The van der Waals surface area contributed by atoms with Gasteiger partial charge in [-0.3, -0.25) is 9.59 Å². The number of fused-ring (bicyclic) bond motifs is 2. The molecule has 0 aromatic carbocycles. The summed E-state index contributed by atoms with van der Waals surface area (Å²) >= 11 is 0. The van der Waals surface area contributed by atoms with Crippen molar-refractivity contribution in [2.24, 2.45) is 17.8 Å². The molecule has 2 aliphatic rings. The van der Waals surface area contributed by atoms with Gasteiger partial charge in [0.1, 0.15) is 5.76 Å². The van der Waals surface area contributed by atoms with Crippen LogP contribution in [0.5, 0.6) is 0 Å². The summed E-state index contributed by atoms with van der Waals surface area (Å²) in [5, 5.41) is 5.42. The molecular weight excluding hydrogens is 268 g/mol. The van der Waals surface area contributed by atoms with E-state index >= 15 is 0 Å². The summed E-state index contributed by atoms with van der Waals surface area (Å²) in [6.07, 6.45) is 6.65. The van der Waals surface area contributed by atoms with E-state index in [1.54, 1.807) is 18.4 Å². The van der Waals surface area contributed by atoms with Crippen molar-refractivity contribution >= 4 is 11.8 Å². The van der Waals surface area contributed by atoms with Crippen molar-refractivity contribution in [1.29, 1.82) is 0 Å². The van der Waals surface area contributed by atoms with Crippen LogP contribution in [-0.2, 0) is 16.1 Å². The van der Waals surface area contributed by atoms with Crippen molar-refractivity contribution in [3.05, 3.63) is 24.2 Å². The Morgan fingerprint density at radius 2 is 2.19 bits per heavy atom. The lowest BCUT2D eigenvalue weighted by Gasteiger charge is -2.28. The molecule has 1 aromatic heterocycles. The maximum atomic E-state index is 11.9. The van der Waals surface area contributed by atoms with Gasteiger partial charge >= 0.3 is 11.8 Å². The van der Waals surface area contributed by atoms with E-state index in [1.807, 2.05) is 6.92 Å². The van der Waals surface area contributed by atoms with Crippen LogP contribution in [0.3, 0.4) is 0 Å². The fourth-order valence-electron chi connectivity index (χ4n) is 3.95. The van der Waals surface area contributed by atoms with E-state index < -0.39 is 11.8 Å². The quantitative estimate of drug-likeness (QED) is 0.831. The maximum Gasteiger partial charge on any atom is 0.309 e. The maximum absolute atomic E-state index is 11.9. The SMILES string of the molecule is CC(NC(=O)C(=O)NCc1ccco1)C1CC2CCC1C2. The van der Waals surface area contributed by atoms with Crippen LogP contribution in [-0.4, -0.2) is 17.9 Å². The highest BCUT2D eigenvalue weighted by Crippen LogP contribution is 2.49. The molecule has 2 aliphatic carbocycles. The first-order chi connectivity index (χ1) is 10.1. The summed E-state index contributed by atoms with van der Waals surface area (Å²) < 4.78 is 5.11. The Bertz CT molecular complexity index is 512. The van der Waals surface area contributed by atoms with Gasteiger partial charge in [0.05, 0.1) is 12.8 Å². The molecule has 0 radical (unpaired) electrons. The zero-order valence-corrected chi connectivity index (χ0v) is 12.3. The van der Waals surface area contributed by atoms with Gasteiger partial charge in [0.25, 0.3) is 0 Å². The third-order valence-corrected chi connectivity index (χ3v) is 5.00. The summed E-state index contributed by atoms with van der Waals surface area (Å²) in [6, 6.07) is 3.58. The molecule has 0 spiro atoms. The Hall–Kier alpha value is -1.78. The Morgan fingerprint density at radius 3 is 2.81 bits per heavy atom. The van der Waals surface area contributed by atoms with Crippen molar-refractivity contribution in [2.45, 2.75) is 45.2 Å². The molecule has 4 unspecified atom stereocenters. The van der Waals surface area contributed by atoms with Crippen LogP contribution in [0.25, 0.3) is 0 Å². The molecule has 2 bridgehead atoms. The van der Waals surface area contributed by atoms with Gasteiger partial charge in [0.15, 0.2) is 0 Å². The van der Waals surface area contributed by atoms with Gasteiger partial charge < -0.3 is 15.1 Å². The van der Waals surface area contributed by atoms with E-state index in [4.69, 9.17) is 4.42 Å². The Morgan fingerprint density at radius 1 is 1.33 bits per heavy atom. The molecule has 5 nitrogen and oxygen atoms in total. The van der Waals surface area contributed by atoms with Gasteiger partial charge in [-0.2, -0.15) is 0 Å². The minimum absolute atomic E-state index is 0.0714. The third kappa shape index (κ3) is 3.12. The summed E-state index contributed by atoms with van der Waals surface area (Å²) in [5.41, 5.74) is 0. The number of carbonyl (C=O) groups excluding carboxylic acids is 2. The summed E-state index contributed by atoms with van der Waals surface area (Å²) in [6.45, 7) is 2.25. The molecule has 21 heavy (non-hydrogen) atoms. The predicted molar refractivity (Wildman–Crippen MR) is 77.1 cm³/mol. The minimum Gasteiger partial charge on any atom is -0.467 e. The van der Waals surface area contributed by atoms with Gasteiger partial charge in [-0.15, -0.1) is 0 Å². The van der Waals surface area contributed by atoms with Crippen LogP contribution in [0, 0.1) is 17.8 Å². The minimum atomic E-state index is -0.596. The van der Waals surface area contributed by atoms with Gasteiger partial charge in [-0.1, -0.05) is 6.42 Å². The molecular formula is C16H22N2O3. The normalized spacial score (nSPS) is 28.3. The van der Waals surface area contributed by atoms with Gasteiger partial charge in [-0.05, 0) is 56.1 Å². The third-order valence-electron chi connectivity index (χ3n) is 5.00. The second-order valence-corrected chi connectivity index (χ2v) is 6.36. The second-order valence-electron chi connectivity index (χ2n) is 6.36. The van der Waals surface area contributed by atoms with Crippen LogP contribution in [0.2, 0.25) is 0 Å². The lowest BCUT2D eigenvalue weighted by atomic mass is 9.84. The molecule has 1 heterocycles. The van der Waals surface area contributed by atoms with Crippen LogP contribution in [0.15, 0.2) is 22.8 Å². The number of hydrogen-bond donors (Lipinski definition) is 2. The first-order valence-corrected chi connectivity index (χ1v) is 7.74. The van der Waals surface area contributed by atoms with Gasteiger partial charge in [0.2, 0.25) is 0 Å². The standard InChI is InChI=1S/C16H22N2O3/c1-10(14-8-11-4-5-12(14)7-11)18-16(20)15(19)17-9-13-3-2-6-21-13/h2-3,6,10-12,14H,4-5,7-9H2,1H3,(H,17,19)(H,18,20). The van der Waals surface area contributed by atoms with Crippen molar-refractivity contribution in [1.82, 2.24) is 10.6 Å². The van der Waals surface area contributed by atoms with E-state index in [1.165, 1.54) is 25.7 Å². The Balaban J connectivity index is 1.45. The van der Waals surface area contributed by atoms with Crippen molar-refractivity contribution in [2.75, 3.05) is 0 Å². The zero-order chi connectivity index (χ0) is 14.8. The fourth-order valence-corrected chi connectivity index (χ4v) is 3.95. The predicted octanol–water partition coefficient (Wildman–Crippen LogP) is 1.84. The molecule has 2 fully saturated rings. The van der Waals surface area contributed by atoms with Crippen LogP contribution in [0.4, 0.5) is 0 Å². The van der Waals surface area contributed by atoms with E-state index in [9.17, 15) is 9.59 Å². The average molecular weight is 290 g/mol. The molecule has 3 rings (SSSR count). The molecule has 114 valence electrons. The van der Waals surface area contributed by atoms with E-state index in [0.717, 1.165) is 11.8 Å². The first kappa shape index (κ1) is 14.2. The van der Waals surface area contributed by atoms with Crippen LogP contribution in [0.1, 0.15) is 38.4 Å². The number of furan rings is 1. The van der Waals surface area contributed by atoms with Crippen LogP contribution < -0.4 is 10.6 Å². The largest absolute Gasteiger partial charge is 0.467 e. The molecule has 2 saturated carbocycles. The number of carbonyl (C=O) groups is 2. The van der Waals surface area contributed by atoms with Crippen LogP contribution >= 0.6 is 0 Å². The van der Waals surface area contributed by atoms with Gasteiger partial charge in [0, 0.05) is 6.04 Å². The molecule has 0 saturated heterocycles. The lowest BCUT2D eigenvalue weighted by molar-refractivity contribution is -0.140. The van der Waals surface area contributed by atoms with E-state index in [-0.39, 0.29) is 12.6 Å². The highest BCUT2D eigenvalue weighted by molar-refractivity contribution is 6.35. The topological polar surface area (TPSA) is 71.3 Å². The van der Waals surface area contributed by atoms with E-state index in [0.29, 0.717) is 11.7 Å². The molecule has 4 atom stereocenters. The Kier molecular flexibility index (Phi) is 3.99. The molecule has 1 aromatic rings. The smallest absolute Gasteiger partial charge is 0.309 e. The summed E-state index contributed by atoms with van der Waals surface area (Å²) in [4.78, 5) is 23.7. The van der Waals surface area contributed by atoms with Gasteiger partial charge in [-0.25, -0.2) is 0 Å². The first-order valence-electron chi connectivity index (χ1n) is 7.74. The molecule has 0 aliphatic heterocycles. The van der Waals surface area contributed by atoms with E-state index in [2.05, 4.69) is 10.6 Å². The molecule has 2 amide bonds. The number of rotatable bonds is 4. The zero-order valence-electron chi connectivity index (χ0n) is 12.3. The van der Waals surface area contributed by atoms with Crippen molar-refractivity contribution in [3.8, 4) is 0 Å². The molecule has 2 N–H and O–H groups in total. The monoisotopic (exact) mass is 290 g/mol. The average Bonchev–Trinajstić information content (AvgIpc) is 3.21. The fraction of sp³-hybridized carbons (Fsp3) is 0.625. The van der Waals surface area contributed by atoms with Crippen molar-refractivity contribution < 1.29 is 14.0 Å². The lowest BCUT2D eigenvalue weighted by Crippen LogP contribution is -2.46. The number of hydrogen-bond acceptors (Lipinski definition) is 3. The highest BCUT2D eigenvalue weighted by atomic mass is 16.3. The highest BCUT2D eigenvalue weighted by Gasteiger charge is 2.42. The number of amides is 2. The van der Waals surface area contributed by atoms with Crippen molar-refractivity contribution in [3.63, 3.8) is 0 Å². The summed E-state index contributed by atoms with van der Waals surface area (Å²) in [7, 11) is 0. The summed E-state index contributed by atoms with van der Waals surface area (Å²) in [5.74, 6) is 1.60. The number of nitrogens with one attached hydrogen (secondary N) is 2. The molecule has 5 heteroatoms. The Labute approximate surface area is 124 Å². The second kappa shape index (κ2) is 5.92.